The van der Waals surface area contributed by atoms with Gasteiger partial charge in [0.25, 0.3) is 0 Å². The highest BCUT2D eigenvalue weighted by Crippen LogP contribution is 2.32. The molecule has 0 spiro atoms. The minimum absolute atomic E-state index is 0.251. The highest BCUT2D eigenvalue weighted by molar-refractivity contribution is 7.11. The van der Waals surface area contributed by atoms with Crippen LogP contribution in [0, 0.1) is 0 Å². The standard InChI is InChI=1S/C14H14N2O3S/c1-3-19-14(18)11-12(10-7-5-4-6-8-10)16-20-13(11)15-9(2)17/h4-8H,3H2,1-2H3,(H,15,17). The van der Waals surface area contributed by atoms with Gasteiger partial charge in [-0.3, -0.25) is 4.79 Å². The SMILES string of the molecule is CCOC(=O)c1c(-c2ccccc2)nsc1NC(C)=O. The van der Waals surface area contributed by atoms with Crippen LogP contribution in [0.1, 0.15) is 24.2 Å². The molecule has 5 nitrogen and oxygen atoms in total. The summed E-state index contributed by atoms with van der Waals surface area (Å²) < 4.78 is 9.32. The fourth-order valence-electron chi connectivity index (χ4n) is 1.72. The Balaban J connectivity index is 2.49. The van der Waals surface area contributed by atoms with E-state index in [0.717, 1.165) is 17.1 Å². The van der Waals surface area contributed by atoms with E-state index in [1.54, 1.807) is 6.92 Å². The number of hydrogen-bond acceptors (Lipinski definition) is 5. The number of amides is 1. The predicted molar refractivity (Wildman–Crippen MR) is 77.8 cm³/mol. The maximum absolute atomic E-state index is 12.1. The molecular weight excluding hydrogens is 276 g/mol. The summed E-state index contributed by atoms with van der Waals surface area (Å²) in [5.74, 6) is -0.734. The summed E-state index contributed by atoms with van der Waals surface area (Å²) in [6.45, 7) is 3.39. The second-order valence-corrected chi connectivity index (χ2v) is 4.78. The van der Waals surface area contributed by atoms with Crippen molar-refractivity contribution in [2.24, 2.45) is 0 Å². The number of ether oxygens (including phenoxy) is 1. The monoisotopic (exact) mass is 290 g/mol. The van der Waals surface area contributed by atoms with E-state index in [0.29, 0.717) is 16.3 Å². The lowest BCUT2D eigenvalue weighted by atomic mass is 10.1. The largest absolute Gasteiger partial charge is 0.462 e. The highest BCUT2D eigenvalue weighted by Gasteiger charge is 2.23. The number of benzene rings is 1. The Labute approximate surface area is 120 Å². The second kappa shape index (κ2) is 6.29. The number of nitrogens with one attached hydrogen (secondary N) is 1. The van der Waals surface area contributed by atoms with E-state index in [9.17, 15) is 9.59 Å². The molecule has 20 heavy (non-hydrogen) atoms. The van der Waals surface area contributed by atoms with Crippen molar-refractivity contribution < 1.29 is 14.3 Å². The van der Waals surface area contributed by atoms with E-state index in [2.05, 4.69) is 9.69 Å². The number of anilines is 1. The molecule has 2 rings (SSSR count). The quantitative estimate of drug-likeness (QED) is 0.879. The van der Waals surface area contributed by atoms with Crippen LogP contribution in [0.5, 0.6) is 0 Å². The zero-order valence-electron chi connectivity index (χ0n) is 11.2. The molecule has 0 aliphatic heterocycles. The first-order valence-electron chi connectivity index (χ1n) is 6.13. The Kier molecular flexibility index (Phi) is 4.47. The van der Waals surface area contributed by atoms with Gasteiger partial charge in [0.1, 0.15) is 16.3 Å². The summed E-state index contributed by atoms with van der Waals surface area (Å²) in [5.41, 5.74) is 1.64. The van der Waals surface area contributed by atoms with Gasteiger partial charge in [0.15, 0.2) is 0 Å². The lowest BCUT2D eigenvalue weighted by molar-refractivity contribution is -0.114. The molecular formula is C14H14N2O3S. The fraction of sp³-hybridized carbons (Fsp3) is 0.214. The number of aromatic nitrogens is 1. The average Bonchev–Trinajstić information content (AvgIpc) is 2.83. The third kappa shape index (κ3) is 3.03. The molecule has 0 radical (unpaired) electrons. The minimum atomic E-state index is -0.483. The molecule has 6 heteroatoms. The Morgan fingerprint density at radius 1 is 1.30 bits per heavy atom. The molecule has 0 bridgehead atoms. The molecule has 0 aliphatic carbocycles. The Morgan fingerprint density at radius 2 is 2.00 bits per heavy atom. The van der Waals surface area contributed by atoms with E-state index >= 15 is 0 Å². The summed E-state index contributed by atoms with van der Waals surface area (Å²) in [6, 6.07) is 9.32. The summed E-state index contributed by atoms with van der Waals surface area (Å²) in [5, 5.41) is 3.03. The lowest BCUT2D eigenvalue weighted by Gasteiger charge is -2.06. The maximum atomic E-state index is 12.1. The van der Waals surface area contributed by atoms with Crippen LogP contribution < -0.4 is 5.32 Å². The zero-order valence-corrected chi connectivity index (χ0v) is 12.0. The number of esters is 1. The zero-order chi connectivity index (χ0) is 14.5. The smallest absolute Gasteiger partial charge is 0.343 e. The van der Waals surface area contributed by atoms with Gasteiger partial charge < -0.3 is 10.1 Å². The van der Waals surface area contributed by atoms with Gasteiger partial charge in [0, 0.05) is 12.5 Å². The molecule has 1 heterocycles. The van der Waals surface area contributed by atoms with Crippen molar-refractivity contribution in [3.05, 3.63) is 35.9 Å². The first kappa shape index (κ1) is 14.2. The topological polar surface area (TPSA) is 68.3 Å². The molecule has 0 saturated heterocycles. The molecule has 0 unspecified atom stereocenters. The Hall–Kier alpha value is -2.21. The van der Waals surface area contributed by atoms with Gasteiger partial charge in [-0.25, -0.2) is 4.79 Å². The van der Waals surface area contributed by atoms with Crippen LogP contribution in [0.25, 0.3) is 11.3 Å². The van der Waals surface area contributed by atoms with Crippen LogP contribution >= 0.6 is 11.5 Å². The Morgan fingerprint density at radius 3 is 2.60 bits per heavy atom. The molecule has 0 fully saturated rings. The number of hydrogen-bond donors (Lipinski definition) is 1. The Bertz CT molecular complexity index is 623. The molecule has 1 N–H and O–H groups in total. The van der Waals surface area contributed by atoms with E-state index in [1.807, 2.05) is 30.3 Å². The van der Waals surface area contributed by atoms with Crippen LogP contribution in [0.15, 0.2) is 30.3 Å². The first-order valence-corrected chi connectivity index (χ1v) is 6.90. The summed E-state index contributed by atoms with van der Waals surface area (Å²) in [6.07, 6.45) is 0. The van der Waals surface area contributed by atoms with Gasteiger partial charge in [0.2, 0.25) is 5.91 Å². The van der Waals surface area contributed by atoms with Crippen LogP contribution in [0.3, 0.4) is 0 Å². The van der Waals surface area contributed by atoms with Gasteiger partial charge in [0.05, 0.1) is 6.61 Å². The number of carbonyl (C=O) groups excluding carboxylic acids is 2. The van der Waals surface area contributed by atoms with Crippen LogP contribution in [-0.2, 0) is 9.53 Å². The molecule has 1 aromatic carbocycles. The summed E-state index contributed by atoms with van der Waals surface area (Å²) in [7, 11) is 0. The number of rotatable bonds is 4. The lowest BCUT2D eigenvalue weighted by Crippen LogP contribution is -2.11. The molecule has 104 valence electrons. The van der Waals surface area contributed by atoms with Gasteiger partial charge in [-0.15, -0.1) is 0 Å². The van der Waals surface area contributed by atoms with Crippen LogP contribution in [0.4, 0.5) is 5.00 Å². The third-order valence-corrected chi connectivity index (χ3v) is 3.27. The van der Waals surface area contributed by atoms with E-state index < -0.39 is 5.97 Å². The van der Waals surface area contributed by atoms with Gasteiger partial charge in [-0.2, -0.15) is 4.37 Å². The highest BCUT2D eigenvalue weighted by atomic mass is 32.1. The maximum Gasteiger partial charge on any atom is 0.343 e. The van der Waals surface area contributed by atoms with Crippen molar-refractivity contribution in [3.63, 3.8) is 0 Å². The number of carbonyl (C=O) groups is 2. The molecule has 0 saturated carbocycles. The first-order chi connectivity index (χ1) is 9.63. The van der Waals surface area contributed by atoms with Crippen LogP contribution in [-0.4, -0.2) is 22.9 Å². The predicted octanol–water partition coefficient (Wildman–Crippen LogP) is 2.95. The van der Waals surface area contributed by atoms with Crippen molar-refractivity contribution in [3.8, 4) is 11.3 Å². The van der Waals surface area contributed by atoms with E-state index in [4.69, 9.17) is 4.74 Å². The van der Waals surface area contributed by atoms with Crippen molar-refractivity contribution in [1.82, 2.24) is 4.37 Å². The molecule has 1 aromatic heterocycles. The van der Waals surface area contributed by atoms with Gasteiger partial charge >= 0.3 is 5.97 Å². The normalized spacial score (nSPS) is 10.1. The van der Waals surface area contributed by atoms with Crippen LogP contribution in [0.2, 0.25) is 0 Å². The third-order valence-electron chi connectivity index (χ3n) is 2.51. The van der Waals surface area contributed by atoms with E-state index in [1.165, 1.54) is 6.92 Å². The average molecular weight is 290 g/mol. The minimum Gasteiger partial charge on any atom is -0.462 e. The van der Waals surface area contributed by atoms with Crippen molar-refractivity contribution in [1.29, 1.82) is 0 Å². The van der Waals surface area contributed by atoms with E-state index in [-0.39, 0.29) is 12.5 Å². The molecule has 1 amide bonds. The van der Waals surface area contributed by atoms with Crippen molar-refractivity contribution >= 4 is 28.4 Å². The molecule has 2 aromatic rings. The summed E-state index contributed by atoms with van der Waals surface area (Å²) >= 11 is 1.07. The fourth-order valence-corrected chi connectivity index (χ4v) is 2.56. The van der Waals surface area contributed by atoms with Crippen molar-refractivity contribution in [2.75, 3.05) is 11.9 Å². The summed E-state index contributed by atoms with van der Waals surface area (Å²) in [4.78, 5) is 23.3. The van der Waals surface area contributed by atoms with Crippen molar-refractivity contribution in [2.45, 2.75) is 13.8 Å². The molecule has 0 aliphatic rings. The van der Waals surface area contributed by atoms with Gasteiger partial charge in [-0.1, -0.05) is 30.3 Å². The molecule has 0 atom stereocenters. The number of nitrogens with zero attached hydrogens (tertiary/aromatic N) is 1. The van der Waals surface area contributed by atoms with Gasteiger partial charge in [-0.05, 0) is 18.5 Å². The second-order valence-electron chi connectivity index (χ2n) is 4.00.